The summed E-state index contributed by atoms with van der Waals surface area (Å²) >= 11 is 0. The minimum Gasteiger partial charge on any atom is -0.394 e. The Morgan fingerprint density at radius 1 is 0.430 bits per heavy atom. The first-order valence-electron chi connectivity index (χ1n) is 34.7. The lowest BCUT2D eigenvalue weighted by Crippen LogP contribution is -2.60. The summed E-state index contributed by atoms with van der Waals surface area (Å²) in [6.07, 6.45) is 72.5. The summed E-state index contributed by atoms with van der Waals surface area (Å²) in [5.41, 5.74) is 0. The summed E-state index contributed by atoms with van der Waals surface area (Å²) < 4.78 is 11.3. The predicted molar refractivity (Wildman–Crippen MR) is 337 cm³/mol. The molecule has 0 aromatic heterocycles. The van der Waals surface area contributed by atoms with Crippen molar-refractivity contribution >= 4 is 5.91 Å². The van der Waals surface area contributed by atoms with Crippen LogP contribution < -0.4 is 5.32 Å². The number of hydrogen-bond acceptors (Lipinski definition) is 8. The van der Waals surface area contributed by atoms with Gasteiger partial charge in [0.1, 0.15) is 24.4 Å². The minimum atomic E-state index is -1.57. The van der Waals surface area contributed by atoms with E-state index in [1.807, 2.05) is 6.08 Å². The fraction of sp³-hybridized carbons (Fsp3) is 0.900. The van der Waals surface area contributed by atoms with Crippen molar-refractivity contribution in [2.75, 3.05) is 13.2 Å². The molecule has 7 atom stereocenters. The molecule has 9 nitrogen and oxygen atoms in total. The Hall–Kier alpha value is -1.59. The summed E-state index contributed by atoms with van der Waals surface area (Å²) in [5, 5.41) is 54.8. The lowest BCUT2D eigenvalue weighted by Gasteiger charge is -2.40. The lowest BCUT2D eigenvalue weighted by atomic mass is 9.99. The number of carbonyl (C=O) groups excluding carboxylic acids is 1. The van der Waals surface area contributed by atoms with Crippen LogP contribution in [0.3, 0.4) is 0 Å². The number of carbonyl (C=O) groups is 1. The highest BCUT2D eigenvalue weighted by Crippen LogP contribution is 2.23. The van der Waals surface area contributed by atoms with E-state index < -0.39 is 49.5 Å². The van der Waals surface area contributed by atoms with Crippen LogP contribution in [0, 0.1) is 0 Å². The Morgan fingerprint density at radius 2 is 0.747 bits per heavy atom. The third kappa shape index (κ3) is 48.5. The molecule has 0 spiro atoms. The maximum Gasteiger partial charge on any atom is 0.220 e. The zero-order valence-corrected chi connectivity index (χ0v) is 52.2. The van der Waals surface area contributed by atoms with E-state index in [2.05, 4.69) is 43.5 Å². The number of rotatable bonds is 61. The average Bonchev–Trinajstić information content (AvgIpc) is 3.47. The van der Waals surface area contributed by atoms with E-state index >= 15 is 0 Å². The molecule has 1 rings (SSSR count). The summed E-state index contributed by atoms with van der Waals surface area (Å²) in [6.45, 7) is 3.82. The molecule has 1 fully saturated rings. The van der Waals surface area contributed by atoms with Crippen LogP contribution in [0.5, 0.6) is 0 Å². The molecular formula is C70H133NO8. The van der Waals surface area contributed by atoms with Crippen LogP contribution in [-0.4, -0.2) is 87.5 Å². The number of allylic oxidation sites excluding steroid dienone is 5. The molecule has 1 amide bonds. The van der Waals surface area contributed by atoms with Crippen LogP contribution in [0.25, 0.3) is 0 Å². The quantitative estimate of drug-likeness (QED) is 0.0261. The molecule has 1 aliphatic heterocycles. The van der Waals surface area contributed by atoms with Gasteiger partial charge in [-0.3, -0.25) is 4.79 Å². The van der Waals surface area contributed by atoms with Crippen molar-refractivity contribution in [2.45, 2.75) is 391 Å². The highest BCUT2D eigenvalue weighted by molar-refractivity contribution is 5.76. The van der Waals surface area contributed by atoms with Gasteiger partial charge in [0, 0.05) is 6.42 Å². The van der Waals surface area contributed by atoms with Gasteiger partial charge in [-0.25, -0.2) is 0 Å². The van der Waals surface area contributed by atoms with Crippen LogP contribution in [-0.2, 0) is 14.3 Å². The van der Waals surface area contributed by atoms with Crippen molar-refractivity contribution in [3.63, 3.8) is 0 Å². The van der Waals surface area contributed by atoms with Crippen LogP contribution in [0.15, 0.2) is 36.5 Å². The first-order chi connectivity index (χ1) is 38.8. The summed E-state index contributed by atoms with van der Waals surface area (Å²) in [6, 6.07) is -0.807. The third-order valence-electron chi connectivity index (χ3n) is 16.7. The number of aliphatic hydroxyl groups excluding tert-OH is 5. The van der Waals surface area contributed by atoms with Crippen molar-refractivity contribution < 1.29 is 39.8 Å². The van der Waals surface area contributed by atoms with E-state index in [1.54, 1.807) is 6.08 Å². The van der Waals surface area contributed by atoms with Gasteiger partial charge in [0.2, 0.25) is 5.91 Å². The van der Waals surface area contributed by atoms with E-state index in [9.17, 15) is 30.3 Å². The van der Waals surface area contributed by atoms with Gasteiger partial charge in [-0.15, -0.1) is 0 Å². The Morgan fingerprint density at radius 3 is 1.09 bits per heavy atom. The molecule has 0 aliphatic carbocycles. The Balaban J connectivity index is 2.13. The smallest absolute Gasteiger partial charge is 0.220 e. The van der Waals surface area contributed by atoms with E-state index in [-0.39, 0.29) is 12.5 Å². The van der Waals surface area contributed by atoms with Crippen LogP contribution in [0.1, 0.15) is 348 Å². The normalized spacial score (nSPS) is 18.7. The van der Waals surface area contributed by atoms with Crippen LogP contribution >= 0.6 is 0 Å². The second-order valence-corrected chi connectivity index (χ2v) is 24.3. The molecule has 79 heavy (non-hydrogen) atoms. The molecule has 0 saturated carbocycles. The second kappa shape index (κ2) is 59.6. The Labute approximate surface area is 489 Å². The molecule has 0 bridgehead atoms. The van der Waals surface area contributed by atoms with Gasteiger partial charge in [0.15, 0.2) is 6.29 Å². The molecule has 466 valence electrons. The van der Waals surface area contributed by atoms with E-state index in [4.69, 9.17) is 9.47 Å². The number of amides is 1. The van der Waals surface area contributed by atoms with Gasteiger partial charge in [-0.1, -0.05) is 326 Å². The number of hydrogen-bond donors (Lipinski definition) is 6. The van der Waals surface area contributed by atoms with E-state index in [0.717, 1.165) is 44.9 Å². The largest absolute Gasteiger partial charge is 0.394 e. The van der Waals surface area contributed by atoms with Crippen LogP contribution in [0.2, 0.25) is 0 Å². The SMILES string of the molecule is CCCCCCC/C=C\C/C=C\CCCCCCCCCCCCCCCC(=O)NC(COC1OC(CO)C(O)C(O)C1O)C(O)/C=C/CCCCCCCCCCCCCCCCCCCCCCCCCCCCCCC. The Bertz CT molecular complexity index is 1340. The Kier molecular flexibility index (Phi) is 56.9. The first kappa shape index (κ1) is 75.4. The van der Waals surface area contributed by atoms with Crippen LogP contribution in [0.4, 0.5) is 0 Å². The van der Waals surface area contributed by atoms with Gasteiger partial charge < -0.3 is 40.3 Å². The number of nitrogens with one attached hydrogen (secondary N) is 1. The van der Waals surface area contributed by atoms with Gasteiger partial charge in [-0.2, -0.15) is 0 Å². The topological polar surface area (TPSA) is 149 Å². The van der Waals surface area contributed by atoms with Crippen molar-refractivity contribution in [2.24, 2.45) is 0 Å². The van der Waals surface area contributed by atoms with Crippen molar-refractivity contribution in [1.29, 1.82) is 0 Å². The minimum absolute atomic E-state index is 0.172. The maximum absolute atomic E-state index is 13.1. The first-order valence-corrected chi connectivity index (χ1v) is 34.7. The molecule has 1 aliphatic rings. The highest BCUT2D eigenvalue weighted by Gasteiger charge is 2.44. The maximum atomic E-state index is 13.1. The molecule has 6 N–H and O–H groups in total. The summed E-state index contributed by atoms with van der Waals surface area (Å²) in [7, 11) is 0. The number of ether oxygens (including phenoxy) is 2. The second-order valence-electron chi connectivity index (χ2n) is 24.3. The van der Waals surface area contributed by atoms with Gasteiger partial charge >= 0.3 is 0 Å². The standard InChI is InChI=1S/C70H133NO8/c1-3-5-7-9-11-13-15-17-19-21-23-25-27-29-30-31-32-33-34-36-37-39-41-43-45-47-49-51-53-55-57-59-64(73)63(62-78-70-69(77)68(76)67(75)65(61-72)79-70)71-66(74)60-58-56-54-52-50-48-46-44-42-40-38-35-28-26-24-22-20-18-16-14-12-10-8-6-4-2/h16,18,22,24,57,59,63-65,67-70,72-73,75-77H,3-15,17,19-21,23,25-56,58,60-62H2,1-2H3,(H,71,74)/b18-16-,24-22-,59-57+. The van der Waals surface area contributed by atoms with Crippen molar-refractivity contribution in [1.82, 2.24) is 5.32 Å². The molecular weight excluding hydrogens is 983 g/mol. The average molecular weight is 1120 g/mol. The van der Waals surface area contributed by atoms with E-state index in [0.29, 0.717) is 6.42 Å². The fourth-order valence-electron chi connectivity index (χ4n) is 11.3. The molecule has 1 saturated heterocycles. The third-order valence-corrected chi connectivity index (χ3v) is 16.7. The molecule has 0 aromatic carbocycles. The molecule has 1 heterocycles. The number of aliphatic hydroxyl groups is 5. The summed E-state index contributed by atoms with van der Waals surface area (Å²) in [4.78, 5) is 13.1. The van der Waals surface area contributed by atoms with Gasteiger partial charge in [0.25, 0.3) is 0 Å². The summed E-state index contributed by atoms with van der Waals surface area (Å²) in [5.74, 6) is -0.172. The molecule has 0 aromatic rings. The number of unbranched alkanes of at least 4 members (excludes halogenated alkanes) is 47. The van der Waals surface area contributed by atoms with Crippen molar-refractivity contribution in [3.8, 4) is 0 Å². The zero-order chi connectivity index (χ0) is 57.2. The predicted octanol–water partition coefficient (Wildman–Crippen LogP) is 18.6. The molecule has 0 radical (unpaired) electrons. The highest BCUT2D eigenvalue weighted by atomic mass is 16.7. The zero-order valence-electron chi connectivity index (χ0n) is 52.2. The van der Waals surface area contributed by atoms with Gasteiger partial charge in [-0.05, 0) is 51.4 Å². The lowest BCUT2D eigenvalue weighted by molar-refractivity contribution is -0.302. The molecule has 9 heteroatoms. The monoisotopic (exact) mass is 1120 g/mol. The fourth-order valence-corrected chi connectivity index (χ4v) is 11.3. The van der Waals surface area contributed by atoms with E-state index in [1.165, 1.54) is 283 Å². The molecule has 7 unspecified atom stereocenters. The van der Waals surface area contributed by atoms with Crippen molar-refractivity contribution in [3.05, 3.63) is 36.5 Å². The van der Waals surface area contributed by atoms with Gasteiger partial charge in [0.05, 0.1) is 25.4 Å².